The van der Waals surface area contributed by atoms with Gasteiger partial charge in [0.2, 0.25) is 0 Å². The van der Waals surface area contributed by atoms with Crippen molar-refractivity contribution in [1.82, 2.24) is 14.9 Å². The molecule has 0 fully saturated rings. The molecule has 1 N–H and O–H groups in total. The van der Waals surface area contributed by atoms with E-state index < -0.39 is 0 Å². The number of fused-ring (bicyclic) bond motifs is 2. The van der Waals surface area contributed by atoms with Crippen LogP contribution in [0.3, 0.4) is 0 Å². The highest BCUT2D eigenvalue weighted by Crippen LogP contribution is 2.33. The van der Waals surface area contributed by atoms with Crippen molar-refractivity contribution >= 4 is 27.7 Å². The molecule has 0 radical (unpaired) electrons. The fourth-order valence-electron chi connectivity index (χ4n) is 3.23. The predicted molar refractivity (Wildman–Crippen MR) is 113 cm³/mol. The summed E-state index contributed by atoms with van der Waals surface area (Å²) in [7, 11) is 5.79. The monoisotopic (exact) mass is 376 g/mol. The van der Waals surface area contributed by atoms with Crippen molar-refractivity contribution in [1.29, 1.82) is 0 Å². The first-order chi connectivity index (χ1) is 13.7. The summed E-state index contributed by atoms with van der Waals surface area (Å²) < 4.78 is 11.5. The van der Waals surface area contributed by atoms with Crippen LogP contribution in [0.2, 0.25) is 0 Å². The molecule has 0 saturated heterocycles. The fourth-order valence-corrected chi connectivity index (χ4v) is 3.23. The van der Waals surface area contributed by atoms with Crippen LogP contribution in [0.5, 0.6) is 5.75 Å². The molecule has 6 heteroatoms. The van der Waals surface area contributed by atoms with Crippen molar-refractivity contribution in [2.75, 3.05) is 39.6 Å². The molecular weight excluding hydrogens is 352 g/mol. The van der Waals surface area contributed by atoms with Crippen LogP contribution in [-0.2, 0) is 0 Å². The summed E-state index contributed by atoms with van der Waals surface area (Å²) in [4.78, 5) is 11.7. The SMILES string of the molecule is COc1cccc2cc(-c3nc(NCCCN(C)C)c4ccccc4n3)oc12. The second-order valence-electron chi connectivity index (χ2n) is 6.99. The highest BCUT2D eigenvalue weighted by molar-refractivity contribution is 5.91. The molecule has 4 rings (SSSR count). The molecular formula is C22H24N4O2. The normalized spacial score (nSPS) is 11.4. The molecule has 0 saturated carbocycles. The van der Waals surface area contributed by atoms with E-state index in [-0.39, 0.29) is 0 Å². The zero-order chi connectivity index (χ0) is 19.5. The third kappa shape index (κ3) is 3.64. The van der Waals surface area contributed by atoms with Crippen LogP contribution in [0.25, 0.3) is 33.5 Å². The van der Waals surface area contributed by atoms with Crippen molar-refractivity contribution in [2.24, 2.45) is 0 Å². The minimum absolute atomic E-state index is 0.562. The third-order valence-electron chi connectivity index (χ3n) is 4.63. The van der Waals surface area contributed by atoms with E-state index in [1.165, 1.54) is 0 Å². The number of methoxy groups -OCH3 is 1. The van der Waals surface area contributed by atoms with Crippen LogP contribution in [0.15, 0.2) is 52.9 Å². The maximum Gasteiger partial charge on any atom is 0.198 e. The number of anilines is 1. The van der Waals surface area contributed by atoms with Gasteiger partial charge in [-0.1, -0.05) is 24.3 Å². The van der Waals surface area contributed by atoms with E-state index in [0.717, 1.165) is 41.6 Å². The van der Waals surface area contributed by atoms with E-state index in [9.17, 15) is 0 Å². The topological polar surface area (TPSA) is 63.4 Å². The second-order valence-corrected chi connectivity index (χ2v) is 6.99. The summed E-state index contributed by atoms with van der Waals surface area (Å²) >= 11 is 0. The van der Waals surface area contributed by atoms with Crippen LogP contribution in [-0.4, -0.2) is 49.2 Å². The van der Waals surface area contributed by atoms with Gasteiger partial charge in [-0.3, -0.25) is 0 Å². The van der Waals surface area contributed by atoms with Gasteiger partial charge in [0.25, 0.3) is 0 Å². The Hall–Kier alpha value is -3.12. The van der Waals surface area contributed by atoms with Gasteiger partial charge in [0.1, 0.15) is 5.82 Å². The molecule has 0 unspecified atom stereocenters. The molecule has 0 aliphatic heterocycles. The molecule has 0 aliphatic rings. The van der Waals surface area contributed by atoms with Crippen molar-refractivity contribution in [2.45, 2.75) is 6.42 Å². The lowest BCUT2D eigenvalue weighted by atomic mass is 10.2. The van der Waals surface area contributed by atoms with Gasteiger partial charge >= 0.3 is 0 Å². The molecule has 0 spiro atoms. The van der Waals surface area contributed by atoms with Crippen LogP contribution in [0, 0.1) is 0 Å². The Balaban J connectivity index is 1.73. The van der Waals surface area contributed by atoms with Crippen molar-refractivity contribution < 1.29 is 9.15 Å². The molecule has 0 bridgehead atoms. The van der Waals surface area contributed by atoms with E-state index in [2.05, 4.69) is 24.3 Å². The smallest absolute Gasteiger partial charge is 0.198 e. The zero-order valence-corrected chi connectivity index (χ0v) is 16.4. The first-order valence-electron chi connectivity index (χ1n) is 9.38. The van der Waals surface area contributed by atoms with Gasteiger partial charge in [-0.2, -0.15) is 0 Å². The molecule has 0 amide bonds. The van der Waals surface area contributed by atoms with Gasteiger partial charge in [0.15, 0.2) is 22.9 Å². The summed E-state index contributed by atoms with van der Waals surface area (Å²) in [6.07, 6.45) is 1.03. The highest BCUT2D eigenvalue weighted by atomic mass is 16.5. The third-order valence-corrected chi connectivity index (χ3v) is 4.63. The maximum absolute atomic E-state index is 6.05. The number of benzene rings is 2. The van der Waals surface area contributed by atoms with Crippen LogP contribution in [0.4, 0.5) is 5.82 Å². The van der Waals surface area contributed by atoms with Crippen LogP contribution < -0.4 is 10.1 Å². The number of ether oxygens (including phenoxy) is 1. The van der Waals surface area contributed by atoms with E-state index in [4.69, 9.17) is 19.1 Å². The van der Waals surface area contributed by atoms with Gasteiger partial charge < -0.3 is 19.4 Å². The number of para-hydroxylation sites is 2. The zero-order valence-electron chi connectivity index (χ0n) is 16.4. The Morgan fingerprint density at radius 1 is 1.07 bits per heavy atom. The minimum atomic E-state index is 0.562. The molecule has 144 valence electrons. The Morgan fingerprint density at radius 3 is 2.75 bits per heavy atom. The average Bonchev–Trinajstić information content (AvgIpc) is 3.15. The number of nitrogens with one attached hydrogen (secondary N) is 1. The standard InChI is InChI=1S/C22H24N4O2/c1-26(2)13-7-12-23-21-16-9-4-5-10-17(16)24-22(25-21)19-14-15-8-6-11-18(27-3)20(15)28-19/h4-6,8-11,14H,7,12-13H2,1-3H3,(H,23,24,25). The average molecular weight is 376 g/mol. The van der Waals surface area contributed by atoms with Crippen LogP contribution >= 0.6 is 0 Å². The first kappa shape index (κ1) is 18.3. The van der Waals surface area contributed by atoms with E-state index in [0.29, 0.717) is 22.9 Å². The van der Waals surface area contributed by atoms with Crippen LogP contribution in [0.1, 0.15) is 6.42 Å². The molecule has 4 aromatic rings. The van der Waals surface area contributed by atoms with E-state index in [1.54, 1.807) is 7.11 Å². The number of aromatic nitrogens is 2. The van der Waals surface area contributed by atoms with Crippen molar-refractivity contribution in [3.63, 3.8) is 0 Å². The van der Waals surface area contributed by atoms with Crippen molar-refractivity contribution in [3.05, 3.63) is 48.5 Å². The molecule has 2 aromatic carbocycles. The van der Waals surface area contributed by atoms with Crippen molar-refractivity contribution in [3.8, 4) is 17.3 Å². The first-order valence-corrected chi connectivity index (χ1v) is 9.38. The molecule has 2 aromatic heterocycles. The lowest BCUT2D eigenvalue weighted by molar-refractivity contribution is 0.405. The lowest BCUT2D eigenvalue weighted by Crippen LogP contribution is -2.16. The van der Waals surface area contributed by atoms with Gasteiger partial charge in [-0.05, 0) is 51.3 Å². The molecule has 0 atom stereocenters. The van der Waals surface area contributed by atoms with Gasteiger partial charge in [-0.15, -0.1) is 0 Å². The largest absolute Gasteiger partial charge is 0.493 e. The van der Waals surface area contributed by atoms with Gasteiger partial charge in [0, 0.05) is 17.3 Å². The van der Waals surface area contributed by atoms with Gasteiger partial charge in [0.05, 0.1) is 12.6 Å². The number of rotatable bonds is 7. The number of hydrogen-bond donors (Lipinski definition) is 1. The maximum atomic E-state index is 6.05. The van der Waals surface area contributed by atoms with E-state index >= 15 is 0 Å². The highest BCUT2D eigenvalue weighted by Gasteiger charge is 2.15. The number of furan rings is 1. The summed E-state index contributed by atoms with van der Waals surface area (Å²) in [5, 5.41) is 5.43. The molecule has 6 nitrogen and oxygen atoms in total. The minimum Gasteiger partial charge on any atom is -0.493 e. The fraction of sp³-hybridized carbons (Fsp3) is 0.273. The van der Waals surface area contributed by atoms with Gasteiger partial charge in [-0.25, -0.2) is 9.97 Å². The second kappa shape index (κ2) is 7.86. The molecule has 2 heterocycles. The lowest BCUT2D eigenvalue weighted by Gasteiger charge is -2.12. The molecule has 0 aliphatic carbocycles. The Kier molecular flexibility index (Phi) is 5.12. The number of hydrogen-bond acceptors (Lipinski definition) is 6. The summed E-state index contributed by atoms with van der Waals surface area (Å²) in [5.74, 6) is 2.71. The van der Waals surface area contributed by atoms with E-state index in [1.807, 2.05) is 48.5 Å². The quantitative estimate of drug-likeness (QED) is 0.482. The predicted octanol–water partition coefficient (Wildman–Crippen LogP) is 4.42. The Labute approximate surface area is 164 Å². The summed E-state index contributed by atoms with van der Waals surface area (Å²) in [5.41, 5.74) is 1.59. The molecule has 28 heavy (non-hydrogen) atoms. The summed E-state index contributed by atoms with van der Waals surface area (Å²) in [6.45, 7) is 1.86. The number of nitrogens with zero attached hydrogens (tertiary/aromatic N) is 3. The Bertz CT molecular complexity index is 1100. The Morgan fingerprint density at radius 2 is 1.93 bits per heavy atom. The summed E-state index contributed by atoms with van der Waals surface area (Å²) in [6, 6.07) is 15.8.